The summed E-state index contributed by atoms with van der Waals surface area (Å²) in [5.74, 6) is -5.61. The molecule has 3 unspecified atom stereocenters. The standard InChI is InChI=1S/C37H41ClF3N3O8/c1-21(2)30(32(46)37(39,40)41)43-35(49)31(23-12-16-26(50-6)17-13-23)44-34(48)28(42-33(47)24-8-7-9-25(38)19-24)18-22-10-14-27(15-11-22)51-20-29(45)52-36(3,4)5/h7-17,19,21,28,30-31H,18,20H2,1-6H3,(H,42,47)(H,43,49)(H,44,48). The molecule has 3 aromatic carbocycles. The highest BCUT2D eigenvalue weighted by atomic mass is 35.5. The van der Waals surface area contributed by atoms with Gasteiger partial charge in [0, 0.05) is 17.0 Å². The van der Waals surface area contributed by atoms with Crippen molar-refractivity contribution in [1.29, 1.82) is 0 Å². The van der Waals surface area contributed by atoms with Crippen LogP contribution in [0.4, 0.5) is 13.2 Å². The number of benzene rings is 3. The Morgan fingerprint density at radius 1 is 0.808 bits per heavy atom. The third kappa shape index (κ3) is 12.6. The fourth-order valence-electron chi connectivity index (χ4n) is 4.84. The lowest BCUT2D eigenvalue weighted by molar-refractivity contribution is -0.175. The number of alkyl halides is 3. The summed E-state index contributed by atoms with van der Waals surface area (Å²) >= 11 is 6.07. The molecule has 0 radical (unpaired) electrons. The number of ether oxygens (including phenoxy) is 3. The lowest BCUT2D eigenvalue weighted by Gasteiger charge is -2.27. The molecule has 3 amide bonds. The van der Waals surface area contributed by atoms with E-state index < -0.39 is 65.3 Å². The largest absolute Gasteiger partial charge is 0.497 e. The second-order valence-corrected chi connectivity index (χ2v) is 13.5. The second kappa shape index (κ2) is 17.9. The van der Waals surface area contributed by atoms with Crippen LogP contribution in [0.2, 0.25) is 5.02 Å². The first-order valence-electron chi connectivity index (χ1n) is 16.1. The molecular weight excluding hydrogens is 707 g/mol. The van der Waals surface area contributed by atoms with E-state index >= 15 is 0 Å². The zero-order valence-electron chi connectivity index (χ0n) is 29.4. The van der Waals surface area contributed by atoms with Crippen LogP contribution < -0.4 is 25.4 Å². The summed E-state index contributed by atoms with van der Waals surface area (Å²) in [5.41, 5.74) is 0.113. The highest BCUT2D eigenvalue weighted by Gasteiger charge is 2.45. The molecule has 0 bridgehead atoms. The summed E-state index contributed by atoms with van der Waals surface area (Å²) < 4.78 is 56.2. The quantitative estimate of drug-likeness (QED) is 0.172. The summed E-state index contributed by atoms with van der Waals surface area (Å²) in [6, 6.07) is 13.2. The zero-order valence-corrected chi connectivity index (χ0v) is 30.2. The van der Waals surface area contributed by atoms with Crippen molar-refractivity contribution in [3.63, 3.8) is 0 Å². The number of Topliss-reactive ketones (excluding diaryl/α,β-unsaturated/α-hetero) is 1. The molecule has 0 saturated carbocycles. The molecule has 0 fully saturated rings. The van der Waals surface area contributed by atoms with Gasteiger partial charge in [-0.15, -0.1) is 0 Å². The molecule has 11 nitrogen and oxygen atoms in total. The Morgan fingerprint density at radius 3 is 1.96 bits per heavy atom. The summed E-state index contributed by atoms with van der Waals surface area (Å²) in [6.07, 6.45) is -5.35. The van der Waals surface area contributed by atoms with Crippen molar-refractivity contribution in [2.75, 3.05) is 13.7 Å². The highest BCUT2D eigenvalue weighted by Crippen LogP contribution is 2.24. The second-order valence-electron chi connectivity index (χ2n) is 13.1. The van der Waals surface area contributed by atoms with Crippen LogP contribution >= 0.6 is 11.6 Å². The number of esters is 1. The Balaban J connectivity index is 1.93. The van der Waals surface area contributed by atoms with Gasteiger partial charge in [-0.3, -0.25) is 19.2 Å². The zero-order chi connectivity index (χ0) is 38.8. The normalized spacial score (nSPS) is 13.3. The molecule has 0 heterocycles. The van der Waals surface area contributed by atoms with Crippen molar-refractivity contribution in [1.82, 2.24) is 16.0 Å². The first-order valence-corrected chi connectivity index (χ1v) is 16.5. The minimum Gasteiger partial charge on any atom is -0.497 e. The molecule has 280 valence electrons. The predicted molar refractivity (Wildman–Crippen MR) is 186 cm³/mol. The van der Waals surface area contributed by atoms with E-state index in [0.29, 0.717) is 17.1 Å². The number of rotatable bonds is 15. The van der Waals surface area contributed by atoms with Crippen LogP contribution in [0.3, 0.4) is 0 Å². The van der Waals surface area contributed by atoms with E-state index in [4.69, 9.17) is 25.8 Å². The third-order valence-corrected chi connectivity index (χ3v) is 7.61. The Kier molecular flexibility index (Phi) is 14.2. The van der Waals surface area contributed by atoms with Crippen LogP contribution in [0.5, 0.6) is 11.5 Å². The topological polar surface area (TPSA) is 149 Å². The fourth-order valence-corrected chi connectivity index (χ4v) is 5.03. The van der Waals surface area contributed by atoms with Crippen molar-refractivity contribution < 1.29 is 51.4 Å². The molecule has 0 aliphatic heterocycles. The predicted octanol–water partition coefficient (Wildman–Crippen LogP) is 5.54. The van der Waals surface area contributed by atoms with Crippen LogP contribution in [-0.4, -0.2) is 67.1 Å². The number of hydrogen-bond donors (Lipinski definition) is 3. The van der Waals surface area contributed by atoms with Gasteiger partial charge in [0.15, 0.2) is 6.61 Å². The smallest absolute Gasteiger partial charge is 0.452 e. The van der Waals surface area contributed by atoms with Gasteiger partial charge < -0.3 is 30.2 Å². The Labute approximate surface area is 304 Å². The van der Waals surface area contributed by atoms with Gasteiger partial charge in [0.05, 0.1) is 13.2 Å². The van der Waals surface area contributed by atoms with Crippen molar-refractivity contribution in [3.8, 4) is 11.5 Å². The van der Waals surface area contributed by atoms with Crippen molar-refractivity contribution in [2.45, 2.75) is 70.9 Å². The number of amides is 3. The number of carbonyl (C=O) groups is 5. The maximum atomic E-state index is 14.0. The van der Waals surface area contributed by atoms with Gasteiger partial charge in [0.25, 0.3) is 11.7 Å². The van der Waals surface area contributed by atoms with Gasteiger partial charge in [-0.1, -0.05) is 55.8 Å². The van der Waals surface area contributed by atoms with Crippen LogP contribution in [0.15, 0.2) is 72.8 Å². The number of carbonyl (C=O) groups excluding carboxylic acids is 5. The van der Waals surface area contributed by atoms with E-state index in [1.807, 2.05) is 0 Å². The fraction of sp³-hybridized carbons (Fsp3) is 0.378. The number of nitrogens with one attached hydrogen (secondary N) is 3. The minimum atomic E-state index is -5.23. The molecule has 3 N–H and O–H groups in total. The molecule has 52 heavy (non-hydrogen) atoms. The Hall–Kier alpha value is -5.11. The van der Waals surface area contributed by atoms with Gasteiger partial charge in [0.1, 0.15) is 29.2 Å². The molecule has 3 aromatic rings. The monoisotopic (exact) mass is 747 g/mol. The van der Waals surface area contributed by atoms with E-state index in [1.165, 1.54) is 57.4 Å². The average molecular weight is 748 g/mol. The lowest BCUT2D eigenvalue weighted by Crippen LogP contribution is -2.55. The highest BCUT2D eigenvalue weighted by molar-refractivity contribution is 6.31. The number of methoxy groups -OCH3 is 1. The summed E-state index contributed by atoms with van der Waals surface area (Å²) in [4.78, 5) is 65.2. The van der Waals surface area contributed by atoms with Gasteiger partial charge >= 0.3 is 12.1 Å². The van der Waals surface area contributed by atoms with Gasteiger partial charge in [-0.05, 0) is 80.3 Å². The van der Waals surface area contributed by atoms with Gasteiger partial charge in [-0.2, -0.15) is 13.2 Å². The lowest BCUT2D eigenvalue weighted by atomic mass is 9.97. The van der Waals surface area contributed by atoms with E-state index in [-0.39, 0.29) is 29.2 Å². The Bertz CT molecular complexity index is 1730. The molecule has 0 saturated heterocycles. The number of halogens is 4. The van der Waals surface area contributed by atoms with Gasteiger partial charge in [-0.25, -0.2) is 4.79 Å². The minimum absolute atomic E-state index is 0.122. The van der Waals surface area contributed by atoms with Crippen LogP contribution in [0, 0.1) is 5.92 Å². The van der Waals surface area contributed by atoms with Gasteiger partial charge in [0.2, 0.25) is 11.8 Å². The van der Waals surface area contributed by atoms with E-state index in [1.54, 1.807) is 57.2 Å². The van der Waals surface area contributed by atoms with E-state index in [2.05, 4.69) is 16.0 Å². The average Bonchev–Trinajstić information content (AvgIpc) is 3.07. The Morgan fingerprint density at radius 2 is 1.42 bits per heavy atom. The van der Waals surface area contributed by atoms with Crippen LogP contribution in [0.1, 0.15) is 62.1 Å². The number of hydrogen-bond acceptors (Lipinski definition) is 8. The first kappa shape index (κ1) is 41.3. The van der Waals surface area contributed by atoms with E-state index in [0.717, 1.165) is 0 Å². The molecule has 0 aliphatic rings. The third-order valence-electron chi connectivity index (χ3n) is 7.37. The van der Waals surface area contributed by atoms with E-state index in [9.17, 15) is 37.1 Å². The summed E-state index contributed by atoms with van der Waals surface area (Å²) in [6.45, 7) is 7.50. The molecule has 0 aliphatic carbocycles. The molecular formula is C37H41ClF3N3O8. The number of ketones is 1. The van der Waals surface area contributed by atoms with Crippen molar-refractivity contribution in [3.05, 3.63) is 94.5 Å². The maximum absolute atomic E-state index is 14.0. The molecule has 0 aromatic heterocycles. The van der Waals surface area contributed by atoms with Crippen LogP contribution in [0.25, 0.3) is 0 Å². The molecule has 3 rings (SSSR count). The first-order chi connectivity index (χ1) is 24.3. The van der Waals surface area contributed by atoms with Crippen LogP contribution in [-0.2, 0) is 30.3 Å². The molecule has 15 heteroatoms. The summed E-state index contributed by atoms with van der Waals surface area (Å²) in [7, 11) is 1.41. The summed E-state index contributed by atoms with van der Waals surface area (Å²) in [5, 5.41) is 7.60. The maximum Gasteiger partial charge on any atom is 0.452 e. The SMILES string of the molecule is COc1ccc(C(NC(=O)C(Cc2ccc(OCC(=O)OC(C)(C)C)cc2)NC(=O)c2cccc(Cl)c2)C(=O)NC(C(=O)C(F)(F)F)C(C)C)cc1. The molecule has 3 atom stereocenters. The molecule has 0 spiro atoms. The van der Waals surface area contributed by atoms with Crippen molar-refractivity contribution >= 4 is 41.1 Å². The van der Waals surface area contributed by atoms with Crippen molar-refractivity contribution in [2.24, 2.45) is 5.92 Å².